The van der Waals surface area contributed by atoms with Gasteiger partial charge in [-0.15, -0.1) is 10.2 Å². The number of benzene rings is 2. The number of anilines is 1. The minimum absolute atomic E-state index is 0.105. The number of aryl methyl sites for hydroxylation is 2. The van der Waals surface area contributed by atoms with Gasteiger partial charge in [-0.2, -0.15) is 0 Å². The van der Waals surface area contributed by atoms with E-state index in [0.717, 1.165) is 24.0 Å². The van der Waals surface area contributed by atoms with Crippen LogP contribution in [0.4, 0.5) is 5.13 Å². The molecule has 1 aliphatic heterocycles. The van der Waals surface area contributed by atoms with Crippen molar-refractivity contribution in [2.24, 2.45) is 0 Å². The van der Waals surface area contributed by atoms with Gasteiger partial charge in [0.25, 0.3) is 5.78 Å². The van der Waals surface area contributed by atoms with Gasteiger partial charge >= 0.3 is 5.91 Å². The van der Waals surface area contributed by atoms with Crippen molar-refractivity contribution in [2.75, 3.05) is 18.6 Å². The number of thioether (sulfide) groups is 1. The number of aromatic nitrogens is 4. The third-order valence-electron chi connectivity index (χ3n) is 7.89. The van der Waals surface area contributed by atoms with Gasteiger partial charge in [0.15, 0.2) is 21.6 Å². The highest BCUT2D eigenvalue weighted by Crippen LogP contribution is 2.46. The number of ketones is 1. The Hall–Kier alpha value is -4.39. The molecule has 4 heterocycles. The summed E-state index contributed by atoms with van der Waals surface area (Å²) in [5, 5.41) is 21.4. The fourth-order valence-corrected chi connectivity index (χ4v) is 7.35. The van der Waals surface area contributed by atoms with E-state index in [1.54, 1.807) is 25.1 Å². The fourth-order valence-electron chi connectivity index (χ4n) is 5.40. The number of aliphatic hydroxyl groups excluding tert-OH is 1. The molecule has 1 aliphatic rings. The normalized spacial score (nSPS) is 15.9. The molecule has 1 unspecified atom stereocenters. The van der Waals surface area contributed by atoms with E-state index in [2.05, 4.69) is 22.1 Å². The maximum atomic E-state index is 13.9. The van der Waals surface area contributed by atoms with Crippen molar-refractivity contribution in [3.05, 3.63) is 99.5 Å². The van der Waals surface area contributed by atoms with Gasteiger partial charge in [-0.3, -0.25) is 14.5 Å². The van der Waals surface area contributed by atoms with Crippen LogP contribution in [-0.4, -0.2) is 50.1 Å². The first-order chi connectivity index (χ1) is 22.7. The number of nitrogens with zero attached hydrogens (tertiary/aromatic N) is 5. The van der Waals surface area contributed by atoms with E-state index in [-0.39, 0.29) is 22.2 Å². The van der Waals surface area contributed by atoms with Gasteiger partial charge in [-0.05, 0) is 67.3 Å². The van der Waals surface area contributed by atoms with E-state index in [1.165, 1.54) is 35.1 Å². The molecule has 0 radical (unpaired) electrons. The van der Waals surface area contributed by atoms with E-state index in [0.29, 0.717) is 50.1 Å². The molecule has 1 N–H and O–H groups in total. The largest absolute Gasteiger partial charge is 0.505 e. The van der Waals surface area contributed by atoms with Gasteiger partial charge in [0, 0.05) is 17.0 Å². The number of aliphatic hydroxyl groups is 1. The van der Waals surface area contributed by atoms with Gasteiger partial charge in [0.05, 0.1) is 31.0 Å². The average Bonchev–Trinajstić information content (AvgIpc) is 3.75. The molecule has 13 heteroatoms. The monoisotopic (exact) mass is 689 g/mol. The van der Waals surface area contributed by atoms with Crippen LogP contribution in [0.1, 0.15) is 53.9 Å². The highest BCUT2D eigenvalue weighted by Gasteiger charge is 2.49. The number of imidazole rings is 1. The van der Waals surface area contributed by atoms with Crippen molar-refractivity contribution >= 4 is 62.9 Å². The number of hydrogen-bond acceptors (Lipinski definition) is 10. The SMILES string of the molecule is CCCCOc1ccc(C2C(=C(O)c3nc4c(C)cccn4c3C)C(=O)C(=O)N2c2nnc(SCc3ccc(Cl)cc3)s2)cc1OC. The van der Waals surface area contributed by atoms with Crippen LogP contribution >= 0.6 is 34.7 Å². The number of fused-ring (bicyclic) bond motifs is 1. The summed E-state index contributed by atoms with van der Waals surface area (Å²) in [6.45, 7) is 6.31. The first kappa shape index (κ1) is 32.5. The zero-order chi connectivity index (χ0) is 33.2. The molecule has 3 aromatic heterocycles. The van der Waals surface area contributed by atoms with Crippen LogP contribution < -0.4 is 14.4 Å². The van der Waals surface area contributed by atoms with Gasteiger partial charge in [-0.25, -0.2) is 4.98 Å². The number of unbranched alkanes of at least 4 members (excludes halogenated alkanes) is 1. The number of pyridine rings is 1. The molecule has 0 bridgehead atoms. The third kappa shape index (κ3) is 6.32. The number of halogens is 1. The molecule has 242 valence electrons. The van der Waals surface area contributed by atoms with Crippen molar-refractivity contribution in [3.8, 4) is 11.5 Å². The molecule has 1 amide bonds. The van der Waals surface area contributed by atoms with Crippen molar-refractivity contribution < 1.29 is 24.2 Å². The van der Waals surface area contributed by atoms with Crippen LogP contribution in [0.25, 0.3) is 11.4 Å². The van der Waals surface area contributed by atoms with Gasteiger partial charge in [0.1, 0.15) is 11.3 Å². The number of hydrogen-bond donors (Lipinski definition) is 1. The molecule has 5 aromatic rings. The lowest BCUT2D eigenvalue weighted by atomic mass is 9.96. The quantitative estimate of drug-likeness (QED) is 0.0374. The Morgan fingerprint density at radius 2 is 1.87 bits per heavy atom. The van der Waals surface area contributed by atoms with Crippen LogP contribution in [0.15, 0.2) is 70.7 Å². The van der Waals surface area contributed by atoms with E-state index in [9.17, 15) is 14.7 Å². The van der Waals surface area contributed by atoms with Crippen LogP contribution in [0, 0.1) is 13.8 Å². The number of ether oxygens (including phenoxy) is 2. The summed E-state index contributed by atoms with van der Waals surface area (Å²) in [5.74, 6) is -0.488. The van der Waals surface area contributed by atoms with E-state index < -0.39 is 17.7 Å². The molecule has 0 spiro atoms. The molecule has 6 rings (SSSR count). The minimum Gasteiger partial charge on any atom is -0.505 e. The minimum atomic E-state index is -1.04. The molecule has 1 fully saturated rings. The highest BCUT2D eigenvalue weighted by atomic mass is 35.5. The summed E-state index contributed by atoms with van der Waals surface area (Å²) in [5.41, 5.74) is 3.83. The summed E-state index contributed by atoms with van der Waals surface area (Å²) in [7, 11) is 1.53. The van der Waals surface area contributed by atoms with Crippen molar-refractivity contribution in [2.45, 2.75) is 49.7 Å². The Bertz CT molecular complexity index is 2010. The van der Waals surface area contributed by atoms with Crippen LogP contribution in [-0.2, 0) is 15.3 Å². The second-order valence-corrected chi connectivity index (χ2v) is 13.6. The number of rotatable bonds is 11. The first-order valence-corrected chi connectivity index (χ1v) is 17.2. The summed E-state index contributed by atoms with van der Waals surface area (Å²) in [6.07, 6.45) is 3.68. The standard InChI is InChI=1S/C34H32ClN5O5S2/c1-5-6-16-45-24-14-11-22(17-25(24)44-4)28-26(29(41)27-20(3)39-15-7-8-19(2)31(39)36-27)30(42)32(43)40(28)33-37-38-34(47-33)46-18-21-9-12-23(35)13-10-21/h7-15,17,28,41H,5-6,16,18H2,1-4H3. The second-order valence-electron chi connectivity index (χ2n) is 11.0. The Morgan fingerprint density at radius 3 is 2.60 bits per heavy atom. The van der Waals surface area contributed by atoms with E-state index in [4.69, 9.17) is 21.1 Å². The Morgan fingerprint density at radius 1 is 1.09 bits per heavy atom. The predicted octanol–water partition coefficient (Wildman–Crippen LogP) is 7.56. The molecule has 0 saturated carbocycles. The highest BCUT2D eigenvalue weighted by molar-refractivity contribution is 8.00. The molecule has 0 aliphatic carbocycles. The number of amides is 1. The lowest BCUT2D eigenvalue weighted by Gasteiger charge is -2.23. The lowest BCUT2D eigenvalue weighted by molar-refractivity contribution is -0.132. The maximum Gasteiger partial charge on any atom is 0.301 e. The van der Waals surface area contributed by atoms with Crippen molar-refractivity contribution in [1.82, 2.24) is 19.6 Å². The van der Waals surface area contributed by atoms with Gasteiger partial charge in [0.2, 0.25) is 5.13 Å². The number of methoxy groups -OCH3 is 1. The zero-order valence-electron chi connectivity index (χ0n) is 26.2. The molecule has 47 heavy (non-hydrogen) atoms. The fraction of sp³-hybridized carbons (Fsp3) is 0.265. The third-order valence-corrected chi connectivity index (χ3v) is 10.3. The first-order valence-electron chi connectivity index (χ1n) is 15.0. The van der Waals surface area contributed by atoms with Crippen LogP contribution in [0.3, 0.4) is 0 Å². The maximum absolute atomic E-state index is 13.9. The number of Topliss-reactive ketones (excluding diaryl/α,β-unsaturated/α-hetero) is 1. The summed E-state index contributed by atoms with van der Waals surface area (Å²) < 4.78 is 14.1. The number of carbonyl (C=O) groups excluding carboxylic acids is 2. The van der Waals surface area contributed by atoms with Crippen molar-refractivity contribution in [3.63, 3.8) is 0 Å². The van der Waals surface area contributed by atoms with Crippen LogP contribution in [0.2, 0.25) is 5.02 Å². The molecule has 10 nitrogen and oxygen atoms in total. The summed E-state index contributed by atoms with van der Waals surface area (Å²) in [6, 6.07) is 15.5. The molecule has 1 saturated heterocycles. The molecular formula is C34H32ClN5O5S2. The summed E-state index contributed by atoms with van der Waals surface area (Å²) in [4.78, 5) is 33.7. The predicted molar refractivity (Wildman–Crippen MR) is 184 cm³/mol. The molecular weight excluding hydrogens is 658 g/mol. The lowest BCUT2D eigenvalue weighted by Crippen LogP contribution is -2.29. The smallest absolute Gasteiger partial charge is 0.301 e. The van der Waals surface area contributed by atoms with E-state index >= 15 is 0 Å². The Labute approximate surface area is 285 Å². The topological polar surface area (TPSA) is 119 Å². The Kier molecular flexibility index (Phi) is 9.53. The second kappa shape index (κ2) is 13.8. The van der Waals surface area contributed by atoms with E-state index in [1.807, 2.05) is 53.9 Å². The van der Waals surface area contributed by atoms with Crippen LogP contribution in [0.5, 0.6) is 11.5 Å². The van der Waals surface area contributed by atoms with Gasteiger partial charge < -0.3 is 19.0 Å². The Balaban J connectivity index is 1.44. The van der Waals surface area contributed by atoms with Crippen molar-refractivity contribution in [1.29, 1.82) is 0 Å². The van der Waals surface area contributed by atoms with Gasteiger partial charge in [-0.1, -0.05) is 72.3 Å². The number of carbonyl (C=O) groups is 2. The molecule has 2 aromatic carbocycles. The average molecular weight is 690 g/mol. The molecule has 1 atom stereocenters. The zero-order valence-corrected chi connectivity index (χ0v) is 28.6. The summed E-state index contributed by atoms with van der Waals surface area (Å²) >= 11 is 8.67.